The molecule has 2 rings (SSSR count). The maximum Gasteiger partial charge on any atom is 0.149 e. The Morgan fingerprint density at radius 3 is 2.94 bits per heavy atom. The van der Waals surface area contributed by atoms with Gasteiger partial charge in [0.2, 0.25) is 0 Å². The van der Waals surface area contributed by atoms with E-state index in [1.54, 1.807) is 12.1 Å². The highest BCUT2D eigenvalue weighted by Crippen LogP contribution is 2.24. The van der Waals surface area contributed by atoms with Crippen LogP contribution in [0.3, 0.4) is 0 Å². The number of benzene rings is 1. The predicted octanol–water partition coefficient (Wildman–Crippen LogP) is 3.71. The molecule has 5 heteroatoms. The second-order valence-corrected chi connectivity index (χ2v) is 5.24. The van der Waals surface area contributed by atoms with Crippen molar-refractivity contribution in [3.63, 3.8) is 0 Å². The molecule has 0 aliphatic carbocycles. The third-order valence-electron chi connectivity index (χ3n) is 2.46. The van der Waals surface area contributed by atoms with Gasteiger partial charge >= 0.3 is 0 Å². The van der Waals surface area contributed by atoms with E-state index in [4.69, 9.17) is 16.4 Å². The first-order valence-electron chi connectivity index (χ1n) is 4.90. The van der Waals surface area contributed by atoms with Crippen LogP contribution in [0.15, 0.2) is 27.8 Å². The van der Waals surface area contributed by atoms with Crippen molar-refractivity contribution in [2.45, 2.75) is 24.8 Å². The van der Waals surface area contributed by atoms with Gasteiger partial charge in [0.25, 0.3) is 0 Å². The van der Waals surface area contributed by atoms with Gasteiger partial charge in [0.05, 0.1) is 15.6 Å². The monoisotopic (exact) mass is 305 g/mol. The zero-order valence-corrected chi connectivity index (χ0v) is 10.9. The summed E-state index contributed by atoms with van der Waals surface area (Å²) in [5.41, 5.74) is 1.66. The van der Waals surface area contributed by atoms with E-state index in [9.17, 15) is 4.39 Å². The number of hydrogen-bond donors (Lipinski definition) is 0. The average Bonchev–Trinajstić information content (AvgIpc) is 2.71. The van der Waals surface area contributed by atoms with Crippen molar-refractivity contribution in [3.05, 3.63) is 34.1 Å². The first-order valence-corrected chi connectivity index (χ1v) is 6.13. The Labute approximate surface area is 107 Å². The molecule has 86 valence electrons. The van der Waals surface area contributed by atoms with E-state index in [0.29, 0.717) is 10.9 Å². The Kier molecular flexibility index (Phi) is 3.50. The second kappa shape index (κ2) is 4.72. The average molecular weight is 307 g/mol. The molecule has 0 fully saturated rings. The van der Waals surface area contributed by atoms with Crippen LogP contribution in [0.25, 0.3) is 0 Å². The number of oxime groups is 1. The Morgan fingerprint density at radius 1 is 1.62 bits per heavy atom. The summed E-state index contributed by atoms with van der Waals surface area (Å²) in [7, 11) is 0. The molecule has 2 unspecified atom stereocenters. The van der Waals surface area contributed by atoms with Crippen molar-refractivity contribution in [2.75, 3.05) is 0 Å². The summed E-state index contributed by atoms with van der Waals surface area (Å²) < 4.78 is 13.5. The van der Waals surface area contributed by atoms with Gasteiger partial charge in [-0.3, -0.25) is 0 Å². The molecule has 0 amide bonds. The molecular formula is C11H10BrClFNO. The Morgan fingerprint density at radius 2 is 2.38 bits per heavy atom. The van der Waals surface area contributed by atoms with Crippen LogP contribution in [-0.2, 0) is 4.84 Å². The molecule has 0 radical (unpaired) electrons. The van der Waals surface area contributed by atoms with Gasteiger partial charge in [-0.25, -0.2) is 4.39 Å². The van der Waals surface area contributed by atoms with Crippen LogP contribution in [-0.4, -0.2) is 17.2 Å². The van der Waals surface area contributed by atoms with E-state index in [1.807, 2.05) is 6.92 Å². The number of rotatable bonds is 2. The van der Waals surface area contributed by atoms with Gasteiger partial charge in [-0.1, -0.05) is 11.2 Å². The molecule has 0 aromatic heterocycles. The molecule has 0 N–H and O–H groups in total. The molecule has 1 aromatic carbocycles. The molecule has 0 saturated heterocycles. The summed E-state index contributed by atoms with van der Waals surface area (Å²) in [6, 6.07) is 4.78. The van der Waals surface area contributed by atoms with E-state index < -0.39 is 0 Å². The van der Waals surface area contributed by atoms with Gasteiger partial charge in [-0.15, -0.1) is 11.6 Å². The molecule has 1 aliphatic rings. The number of nitrogens with zero attached hydrogens (tertiary/aromatic N) is 1. The lowest BCUT2D eigenvalue weighted by Gasteiger charge is -2.09. The molecule has 2 atom stereocenters. The number of halogens is 3. The number of hydrogen-bond acceptors (Lipinski definition) is 2. The van der Waals surface area contributed by atoms with Gasteiger partial charge in [-0.05, 0) is 35.0 Å². The lowest BCUT2D eigenvalue weighted by atomic mass is 10.0. The van der Waals surface area contributed by atoms with Crippen LogP contribution in [0, 0.1) is 5.82 Å². The molecule has 16 heavy (non-hydrogen) atoms. The normalized spacial score (nSPS) is 21.5. The van der Waals surface area contributed by atoms with Crippen LogP contribution in [0.4, 0.5) is 4.39 Å². The van der Waals surface area contributed by atoms with Crippen molar-refractivity contribution >= 4 is 33.2 Å². The Bertz CT molecular complexity index is 436. The number of alkyl halides is 1. The molecular weight excluding hydrogens is 296 g/mol. The molecule has 1 aromatic rings. The van der Waals surface area contributed by atoms with Crippen molar-refractivity contribution in [3.8, 4) is 0 Å². The summed E-state index contributed by atoms with van der Waals surface area (Å²) in [6.07, 6.45) is 0.559. The Hall–Kier alpha value is -0.610. The van der Waals surface area contributed by atoms with Gasteiger partial charge in [-0.2, -0.15) is 0 Å². The van der Waals surface area contributed by atoms with Crippen LogP contribution in [0.1, 0.15) is 18.9 Å². The summed E-state index contributed by atoms with van der Waals surface area (Å²) in [5.74, 6) is -0.287. The van der Waals surface area contributed by atoms with Crippen LogP contribution in [0.2, 0.25) is 0 Å². The van der Waals surface area contributed by atoms with Crippen LogP contribution >= 0.6 is 27.5 Å². The zero-order chi connectivity index (χ0) is 11.7. The van der Waals surface area contributed by atoms with E-state index in [0.717, 1.165) is 11.3 Å². The fourth-order valence-corrected chi connectivity index (χ4v) is 2.00. The van der Waals surface area contributed by atoms with Crippen molar-refractivity contribution in [2.24, 2.45) is 5.16 Å². The third-order valence-corrected chi connectivity index (χ3v) is 3.35. The molecule has 0 spiro atoms. The SMILES string of the molecule is CC(Cl)C1CC(c2ccc(F)c(Br)c2)=NO1. The standard InChI is InChI=1S/C11H10BrClFNO/c1-6(13)11-5-10(15-16-11)7-2-3-9(14)8(12)4-7/h2-4,6,11H,5H2,1H3. The molecule has 1 heterocycles. The maximum atomic E-state index is 13.1. The van der Waals surface area contributed by atoms with Gasteiger partial charge in [0.15, 0.2) is 0 Å². The quantitative estimate of drug-likeness (QED) is 0.763. The highest BCUT2D eigenvalue weighted by Gasteiger charge is 2.26. The maximum absolute atomic E-state index is 13.1. The summed E-state index contributed by atoms with van der Waals surface area (Å²) in [4.78, 5) is 5.20. The van der Waals surface area contributed by atoms with Gasteiger partial charge < -0.3 is 4.84 Å². The van der Waals surface area contributed by atoms with Crippen LogP contribution < -0.4 is 0 Å². The summed E-state index contributed by atoms with van der Waals surface area (Å²) >= 11 is 9.07. The van der Waals surface area contributed by atoms with Gasteiger partial charge in [0, 0.05) is 12.0 Å². The smallest absolute Gasteiger partial charge is 0.149 e. The lowest BCUT2D eigenvalue weighted by molar-refractivity contribution is 0.0855. The lowest BCUT2D eigenvalue weighted by Crippen LogP contribution is -2.18. The minimum absolute atomic E-state index is 0.0925. The Balaban J connectivity index is 2.18. The fraction of sp³-hybridized carbons (Fsp3) is 0.364. The van der Waals surface area contributed by atoms with E-state index in [2.05, 4.69) is 21.1 Å². The predicted molar refractivity (Wildman–Crippen MR) is 65.4 cm³/mol. The van der Waals surface area contributed by atoms with Crippen molar-refractivity contribution in [1.29, 1.82) is 0 Å². The minimum Gasteiger partial charge on any atom is -0.390 e. The van der Waals surface area contributed by atoms with E-state index in [-0.39, 0.29) is 17.3 Å². The van der Waals surface area contributed by atoms with E-state index >= 15 is 0 Å². The highest BCUT2D eigenvalue weighted by molar-refractivity contribution is 9.10. The highest BCUT2D eigenvalue weighted by atomic mass is 79.9. The minimum atomic E-state index is -0.287. The molecule has 2 nitrogen and oxygen atoms in total. The first-order chi connectivity index (χ1) is 7.58. The largest absolute Gasteiger partial charge is 0.390 e. The van der Waals surface area contributed by atoms with Gasteiger partial charge in [0.1, 0.15) is 11.9 Å². The first kappa shape index (κ1) is 11.9. The third kappa shape index (κ3) is 2.38. The zero-order valence-electron chi connectivity index (χ0n) is 8.58. The molecule has 1 aliphatic heterocycles. The summed E-state index contributed by atoms with van der Waals surface area (Å²) in [5, 5.41) is 3.88. The molecule has 0 bridgehead atoms. The van der Waals surface area contributed by atoms with Crippen molar-refractivity contribution < 1.29 is 9.23 Å². The fourth-order valence-electron chi connectivity index (χ4n) is 1.49. The second-order valence-electron chi connectivity index (χ2n) is 3.69. The molecule has 0 saturated carbocycles. The van der Waals surface area contributed by atoms with Crippen molar-refractivity contribution in [1.82, 2.24) is 0 Å². The van der Waals surface area contributed by atoms with E-state index in [1.165, 1.54) is 6.07 Å². The van der Waals surface area contributed by atoms with Crippen LogP contribution in [0.5, 0.6) is 0 Å². The topological polar surface area (TPSA) is 21.6 Å². The summed E-state index contributed by atoms with van der Waals surface area (Å²) in [6.45, 7) is 1.87.